The fraction of sp³-hybridized carbons (Fsp3) is 0.312. The van der Waals surface area contributed by atoms with Gasteiger partial charge in [0.05, 0.1) is 11.8 Å². The van der Waals surface area contributed by atoms with Crippen LogP contribution in [0.2, 0.25) is 0 Å². The molecule has 1 heterocycles. The Morgan fingerprint density at radius 3 is 2.63 bits per heavy atom. The van der Waals surface area contributed by atoms with Crippen molar-refractivity contribution in [1.82, 2.24) is 4.98 Å². The van der Waals surface area contributed by atoms with Crippen molar-refractivity contribution in [3.8, 4) is 5.88 Å². The fourth-order valence-electron chi connectivity index (χ4n) is 1.83. The van der Waals surface area contributed by atoms with E-state index >= 15 is 0 Å². The summed E-state index contributed by atoms with van der Waals surface area (Å²) < 4.78 is 5.67. The topological polar surface area (TPSA) is 34.1 Å². The van der Waals surface area contributed by atoms with Gasteiger partial charge in [-0.3, -0.25) is 0 Å². The second-order valence-electron chi connectivity index (χ2n) is 4.69. The molecule has 100 valence electrons. The van der Waals surface area contributed by atoms with Gasteiger partial charge in [-0.1, -0.05) is 30.3 Å². The molecule has 0 aliphatic carbocycles. The molecule has 0 aliphatic heterocycles. The van der Waals surface area contributed by atoms with Gasteiger partial charge in [0.25, 0.3) is 0 Å². The molecule has 1 aromatic heterocycles. The number of pyridine rings is 1. The van der Waals surface area contributed by atoms with Crippen molar-refractivity contribution >= 4 is 5.69 Å². The first-order valence-electron chi connectivity index (χ1n) is 6.65. The number of ether oxygens (including phenoxy) is 1. The Bertz CT molecular complexity index is 497. The molecule has 0 bridgehead atoms. The highest BCUT2D eigenvalue weighted by atomic mass is 16.5. The zero-order valence-corrected chi connectivity index (χ0v) is 11.5. The molecule has 2 aromatic rings. The third-order valence-corrected chi connectivity index (χ3v) is 2.69. The van der Waals surface area contributed by atoms with Crippen LogP contribution in [0.1, 0.15) is 19.4 Å². The van der Waals surface area contributed by atoms with E-state index in [1.807, 2.05) is 32.0 Å². The maximum atomic E-state index is 5.67. The van der Waals surface area contributed by atoms with E-state index in [0.29, 0.717) is 5.88 Å². The Kier molecular flexibility index (Phi) is 4.78. The van der Waals surface area contributed by atoms with Gasteiger partial charge in [-0.25, -0.2) is 4.98 Å². The predicted octanol–water partition coefficient (Wildman–Crippen LogP) is 3.52. The summed E-state index contributed by atoms with van der Waals surface area (Å²) >= 11 is 0. The Morgan fingerprint density at radius 2 is 1.89 bits per heavy atom. The average molecular weight is 256 g/mol. The fourth-order valence-corrected chi connectivity index (χ4v) is 1.83. The van der Waals surface area contributed by atoms with Gasteiger partial charge < -0.3 is 10.1 Å². The van der Waals surface area contributed by atoms with Crippen LogP contribution in [0.25, 0.3) is 0 Å². The molecular weight excluding hydrogens is 236 g/mol. The van der Waals surface area contributed by atoms with Crippen LogP contribution in [0.5, 0.6) is 5.88 Å². The zero-order valence-electron chi connectivity index (χ0n) is 11.5. The molecule has 0 amide bonds. The van der Waals surface area contributed by atoms with Crippen molar-refractivity contribution in [2.45, 2.75) is 26.4 Å². The van der Waals surface area contributed by atoms with Crippen molar-refractivity contribution in [2.24, 2.45) is 0 Å². The van der Waals surface area contributed by atoms with Crippen molar-refractivity contribution in [3.63, 3.8) is 0 Å². The predicted molar refractivity (Wildman–Crippen MR) is 78.6 cm³/mol. The molecule has 19 heavy (non-hydrogen) atoms. The second kappa shape index (κ2) is 6.78. The molecule has 0 unspecified atom stereocenters. The lowest BCUT2D eigenvalue weighted by molar-refractivity contribution is 0.234. The minimum absolute atomic E-state index is 0.129. The summed E-state index contributed by atoms with van der Waals surface area (Å²) in [7, 11) is 0. The van der Waals surface area contributed by atoms with Gasteiger partial charge in [0.2, 0.25) is 5.88 Å². The first-order valence-corrected chi connectivity index (χ1v) is 6.65. The maximum absolute atomic E-state index is 5.67. The highest BCUT2D eigenvalue weighted by Gasteiger charge is 2.05. The number of aromatic nitrogens is 1. The number of anilines is 1. The zero-order chi connectivity index (χ0) is 13.5. The van der Waals surface area contributed by atoms with E-state index in [2.05, 4.69) is 34.6 Å². The van der Waals surface area contributed by atoms with Gasteiger partial charge in [0.1, 0.15) is 0 Å². The third kappa shape index (κ3) is 4.28. The summed E-state index contributed by atoms with van der Waals surface area (Å²) in [6, 6.07) is 14.3. The summed E-state index contributed by atoms with van der Waals surface area (Å²) in [5.74, 6) is 0.672. The number of nitrogens with zero attached hydrogens (tertiary/aromatic N) is 1. The minimum Gasteiger partial charge on any atom is -0.473 e. The Labute approximate surface area is 114 Å². The molecule has 1 aromatic carbocycles. The summed E-state index contributed by atoms with van der Waals surface area (Å²) in [5.41, 5.74) is 2.28. The molecule has 3 nitrogen and oxygen atoms in total. The van der Waals surface area contributed by atoms with E-state index in [4.69, 9.17) is 4.74 Å². The van der Waals surface area contributed by atoms with Crippen molar-refractivity contribution in [2.75, 3.05) is 11.9 Å². The average Bonchev–Trinajstić information content (AvgIpc) is 2.41. The summed E-state index contributed by atoms with van der Waals surface area (Å²) in [5, 5.41) is 3.38. The maximum Gasteiger partial charge on any atom is 0.237 e. The quantitative estimate of drug-likeness (QED) is 0.858. The number of nitrogens with one attached hydrogen (secondary N) is 1. The smallest absolute Gasteiger partial charge is 0.237 e. The van der Waals surface area contributed by atoms with Gasteiger partial charge in [-0.2, -0.15) is 0 Å². The van der Waals surface area contributed by atoms with Crippen LogP contribution < -0.4 is 10.1 Å². The third-order valence-electron chi connectivity index (χ3n) is 2.69. The van der Waals surface area contributed by atoms with E-state index in [0.717, 1.165) is 18.7 Å². The SMILES string of the molecule is CC(C)Oc1ncccc1NCCc1ccccc1. The van der Waals surface area contributed by atoms with Crippen LogP contribution in [-0.4, -0.2) is 17.6 Å². The monoisotopic (exact) mass is 256 g/mol. The molecule has 2 rings (SSSR count). The molecule has 3 heteroatoms. The van der Waals surface area contributed by atoms with Gasteiger partial charge in [-0.05, 0) is 38.0 Å². The molecule has 0 saturated heterocycles. The van der Waals surface area contributed by atoms with E-state index in [9.17, 15) is 0 Å². The van der Waals surface area contributed by atoms with Crippen LogP contribution >= 0.6 is 0 Å². The number of hydrogen-bond acceptors (Lipinski definition) is 3. The molecule has 0 radical (unpaired) electrons. The molecule has 0 fully saturated rings. The number of hydrogen-bond donors (Lipinski definition) is 1. The van der Waals surface area contributed by atoms with Crippen molar-refractivity contribution in [1.29, 1.82) is 0 Å². The van der Waals surface area contributed by atoms with Crippen LogP contribution in [-0.2, 0) is 6.42 Å². The van der Waals surface area contributed by atoms with Gasteiger partial charge in [0.15, 0.2) is 0 Å². The second-order valence-corrected chi connectivity index (χ2v) is 4.69. The molecule has 0 saturated carbocycles. The number of rotatable bonds is 6. The summed E-state index contributed by atoms with van der Waals surface area (Å²) in [6.45, 7) is 4.87. The highest BCUT2D eigenvalue weighted by Crippen LogP contribution is 2.21. The first-order chi connectivity index (χ1) is 9.25. The molecule has 0 spiro atoms. The lowest BCUT2D eigenvalue weighted by atomic mass is 10.1. The molecular formula is C16H20N2O. The van der Waals surface area contributed by atoms with Gasteiger partial charge >= 0.3 is 0 Å². The summed E-state index contributed by atoms with van der Waals surface area (Å²) in [4.78, 5) is 4.26. The normalized spacial score (nSPS) is 10.5. The highest BCUT2D eigenvalue weighted by molar-refractivity contribution is 5.52. The Hall–Kier alpha value is -2.03. The van der Waals surface area contributed by atoms with E-state index in [1.165, 1.54) is 5.56 Å². The van der Waals surface area contributed by atoms with Crippen molar-refractivity contribution < 1.29 is 4.74 Å². The van der Waals surface area contributed by atoms with Crippen LogP contribution in [0, 0.1) is 0 Å². The van der Waals surface area contributed by atoms with E-state index in [1.54, 1.807) is 6.20 Å². The van der Waals surface area contributed by atoms with Crippen LogP contribution in [0.3, 0.4) is 0 Å². The van der Waals surface area contributed by atoms with Gasteiger partial charge in [0, 0.05) is 12.7 Å². The molecule has 1 N–H and O–H groups in total. The molecule has 0 aliphatic rings. The Morgan fingerprint density at radius 1 is 1.11 bits per heavy atom. The lowest BCUT2D eigenvalue weighted by Gasteiger charge is -2.14. The van der Waals surface area contributed by atoms with E-state index in [-0.39, 0.29) is 6.10 Å². The lowest BCUT2D eigenvalue weighted by Crippen LogP contribution is -2.11. The largest absolute Gasteiger partial charge is 0.473 e. The first kappa shape index (κ1) is 13.4. The van der Waals surface area contributed by atoms with Crippen LogP contribution in [0.4, 0.5) is 5.69 Å². The molecule has 0 atom stereocenters. The van der Waals surface area contributed by atoms with Crippen LogP contribution in [0.15, 0.2) is 48.7 Å². The van der Waals surface area contributed by atoms with Gasteiger partial charge in [-0.15, -0.1) is 0 Å². The standard InChI is InChI=1S/C16H20N2O/c1-13(2)19-16-15(9-6-11-18-16)17-12-10-14-7-4-3-5-8-14/h3-9,11,13,17H,10,12H2,1-2H3. The number of benzene rings is 1. The van der Waals surface area contributed by atoms with Crippen molar-refractivity contribution in [3.05, 3.63) is 54.2 Å². The minimum atomic E-state index is 0.129. The Balaban J connectivity index is 1.92. The summed E-state index contributed by atoms with van der Waals surface area (Å²) in [6.07, 6.45) is 2.86. The van der Waals surface area contributed by atoms with E-state index < -0.39 is 0 Å².